The number of methoxy groups -OCH3 is 1. The van der Waals surface area contributed by atoms with Crippen LogP contribution in [0, 0.1) is 0 Å². The van der Waals surface area contributed by atoms with Crippen LogP contribution in [0.5, 0.6) is 11.5 Å². The fraction of sp³-hybridized carbons (Fsp3) is 0.238. The normalized spacial score (nSPS) is 10.5. The molecule has 0 unspecified atom stereocenters. The Labute approximate surface area is 173 Å². The molecule has 7 heteroatoms. The molecule has 2 aromatic carbocycles. The number of halogens is 1. The average Bonchev–Trinajstić information content (AvgIpc) is 3.17. The van der Waals surface area contributed by atoms with Gasteiger partial charge in [0.15, 0.2) is 11.5 Å². The Bertz CT molecular complexity index is 944. The number of rotatable bonds is 8. The Morgan fingerprint density at radius 2 is 2.04 bits per heavy atom. The van der Waals surface area contributed by atoms with Crippen LogP contribution in [0.1, 0.15) is 18.2 Å². The van der Waals surface area contributed by atoms with Crippen LogP contribution < -0.4 is 14.8 Å². The van der Waals surface area contributed by atoms with Crippen LogP contribution in [0.4, 0.5) is 0 Å². The second-order valence-corrected chi connectivity index (χ2v) is 7.27. The molecule has 0 saturated heterocycles. The van der Waals surface area contributed by atoms with E-state index in [1.54, 1.807) is 13.2 Å². The Morgan fingerprint density at radius 1 is 1.25 bits per heavy atom. The zero-order chi connectivity index (χ0) is 19.9. The van der Waals surface area contributed by atoms with E-state index in [4.69, 9.17) is 21.1 Å². The lowest BCUT2D eigenvalue weighted by Crippen LogP contribution is -2.24. The van der Waals surface area contributed by atoms with E-state index < -0.39 is 0 Å². The summed E-state index contributed by atoms with van der Waals surface area (Å²) < 4.78 is 10.8. The first kappa shape index (κ1) is 20.2. The quantitative estimate of drug-likeness (QED) is 0.576. The van der Waals surface area contributed by atoms with E-state index in [1.807, 2.05) is 48.7 Å². The molecule has 3 rings (SSSR count). The number of carbonyl (C=O) groups excluding carboxylic acids is 1. The fourth-order valence-electron chi connectivity index (χ4n) is 2.69. The van der Waals surface area contributed by atoms with Crippen LogP contribution >= 0.6 is 22.9 Å². The minimum absolute atomic E-state index is 0.103. The van der Waals surface area contributed by atoms with Crippen molar-refractivity contribution in [2.75, 3.05) is 13.7 Å². The standard InChI is InChI=1S/C21H21ClN2O3S/c1-3-27-20-17(22)9-14(10-18(20)26-2)12-23-19(25)11-16-13-28-21(24-16)15-7-5-4-6-8-15/h4-10,13H,3,11-12H2,1-2H3,(H,23,25). The van der Waals surface area contributed by atoms with Crippen LogP contribution in [-0.4, -0.2) is 24.6 Å². The Morgan fingerprint density at radius 3 is 2.75 bits per heavy atom. The number of benzene rings is 2. The lowest BCUT2D eigenvalue weighted by molar-refractivity contribution is -0.120. The highest BCUT2D eigenvalue weighted by Crippen LogP contribution is 2.36. The number of aromatic nitrogens is 1. The van der Waals surface area contributed by atoms with Gasteiger partial charge in [-0.25, -0.2) is 4.98 Å². The van der Waals surface area contributed by atoms with Crippen molar-refractivity contribution in [2.45, 2.75) is 19.9 Å². The SMILES string of the molecule is CCOc1c(Cl)cc(CNC(=O)Cc2csc(-c3ccccc3)n2)cc1OC. The van der Waals surface area contributed by atoms with Gasteiger partial charge in [-0.05, 0) is 24.6 Å². The largest absolute Gasteiger partial charge is 0.493 e. The molecule has 0 atom stereocenters. The summed E-state index contributed by atoms with van der Waals surface area (Å²) in [5, 5.41) is 6.18. The fourth-order valence-corrected chi connectivity index (χ4v) is 3.80. The second kappa shape index (κ2) is 9.57. The highest BCUT2D eigenvalue weighted by Gasteiger charge is 2.13. The molecular formula is C21H21ClN2O3S. The van der Waals surface area contributed by atoms with Gasteiger partial charge < -0.3 is 14.8 Å². The molecule has 5 nitrogen and oxygen atoms in total. The topological polar surface area (TPSA) is 60.5 Å². The van der Waals surface area contributed by atoms with Crippen molar-refractivity contribution < 1.29 is 14.3 Å². The lowest BCUT2D eigenvalue weighted by Gasteiger charge is -2.13. The van der Waals surface area contributed by atoms with Crippen molar-refractivity contribution in [1.82, 2.24) is 10.3 Å². The van der Waals surface area contributed by atoms with E-state index >= 15 is 0 Å². The third-order valence-electron chi connectivity index (χ3n) is 3.98. The van der Waals surface area contributed by atoms with Gasteiger partial charge in [0.05, 0.1) is 30.9 Å². The molecule has 0 aliphatic heterocycles. The number of nitrogens with zero attached hydrogens (tertiary/aromatic N) is 1. The molecule has 3 aromatic rings. The number of carbonyl (C=O) groups is 1. The van der Waals surface area contributed by atoms with Gasteiger partial charge in [-0.3, -0.25) is 4.79 Å². The molecule has 0 spiro atoms. The number of hydrogen-bond acceptors (Lipinski definition) is 5. The smallest absolute Gasteiger partial charge is 0.226 e. The van der Waals surface area contributed by atoms with E-state index in [0.717, 1.165) is 21.8 Å². The van der Waals surface area contributed by atoms with Gasteiger partial charge in [0.1, 0.15) is 5.01 Å². The highest BCUT2D eigenvalue weighted by atomic mass is 35.5. The monoisotopic (exact) mass is 416 g/mol. The predicted octanol–water partition coefficient (Wildman–Crippen LogP) is 4.73. The molecular weight excluding hydrogens is 396 g/mol. The highest BCUT2D eigenvalue weighted by molar-refractivity contribution is 7.13. The van der Waals surface area contributed by atoms with Crippen molar-refractivity contribution >= 4 is 28.8 Å². The summed E-state index contributed by atoms with van der Waals surface area (Å²) in [5.41, 5.74) is 2.64. The first-order valence-electron chi connectivity index (χ1n) is 8.86. The van der Waals surface area contributed by atoms with Crippen molar-refractivity contribution in [2.24, 2.45) is 0 Å². The van der Waals surface area contributed by atoms with Crippen LogP contribution in [0.2, 0.25) is 5.02 Å². The number of nitrogens with one attached hydrogen (secondary N) is 1. The summed E-state index contributed by atoms with van der Waals surface area (Å²) in [5.74, 6) is 0.956. The van der Waals surface area contributed by atoms with Crippen LogP contribution in [0.15, 0.2) is 47.8 Å². The van der Waals surface area contributed by atoms with E-state index in [0.29, 0.717) is 29.7 Å². The molecule has 28 heavy (non-hydrogen) atoms. The second-order valence-electron chi connectivity index (χ2n) is 6.01. The minimum Gasteiger partial charge on any atom is -0.493 e. The molecule has 1 amide bonds. The van der Waals surface area contributed by atoms with Gasteiger partial charge in [-0.2, -0.15) is 0 Å². The van der Waals surface area contributed by atoms with E-state index in [9.17, 15) is 4.79 Å². The van der Waals surface area contributed by atoms with E-state index in [2.05, 4.69) is 10.3 Å². The van der Waals surface area contributed by atoms with E-state index in [-0.39, 0.29) is 12.3 Å². The molecule has 1 heterocycles. The third-order valence-corrected chi connectivity index (χ3v) is 5.20. The molecule has 0 radical (unpaired) electrons. The molecule has 0 saturated carbocycles. The Hall–Kier alpha value is -2.57. The van der Waals surface area contributed by atoms with E-state index in [1.165, 1.54) is 11.3 Å². The number of hydrogen-bond donors (Lipinski definition) is 1. The van der Waals surface area contributed by atoms with Crippen LogP contribution in [0.25, 0.3) is 10.6 Å². The van der Waals surface area contributed by atoms with Gasteiger partial charge >= 0.3 is 0 Å². The Balaban J connectivity index is 1.60. The first-order chi connectivity index (χ1) is 13.6. The zero-order valence-corrected chi connectivity index (χ0v) is 17.3. The Kier molecular flexibility index (Phi) is 6.90. The zero-order valence-electron chi connectivity index (χ0n) is 15.7. The summed E-state index contributed by atoms with van der Waals surface area (Å²) in [4.78, 5) is 16.9. The summed E-state index contributed by atoms with van der Waals surface area (Å²) in [7, 11) is 1.56. The summed E-state index contributed by atoms with van der Waals surface area (Å²) >= 11 is 7.81. The number of thiazole rings is 1. The maximum atomic E-state index is 12.3. The maximum Gasteiger partial charge on any atom is 0.226 e. The summed E-state index contributed by atoms with van der Waals surface area (Å²) in [6, 6.07) is 13.5. The van der Waals surface area contributed by atoms with Crippen molar-refractivity contribution in [3.05, 3.63) is 64.1 Å². The third kappa shape index (κ3) is 5.03. The predicted molar refractivity (Wildman–Crippen MR) is 112 cm³/mol. The summed E-state index contributed by atoms with van der Waals surface area (Å²) in [6.45, 7) is 2.72. The van der Waals surface area contributed by atoms with Gasteiger partial charge in [-0.15, -0.1) is 11.3 Å². The first-order valence-corrected chi connectivity index (χ1v) is 10.1. The van der Waals surface area contributed by atoms with Crippen molar-refractivity contribution in [3.63, 3.8) is 0 Å². The molecule has 0 aliphatic carbocycles. The molecule has 0 fully saturated rings. The summed E-state index contributed by atoms with van der Waals surface area (Å²) in [6.07, 6.45) is 0.227. The molecule has 0 bridgehead atoms. The van der Waals surface area contributed by atoms with Crippen LogP contribution in [0.3, 0.4) is 0 Å². The van der Waals surface area contributed by atoms with Gasteiger partial charge in [0, 0.05) is 17.5 Å². The minimum atomic E-state index is -0.103. The lowest BCUT2D eigenvalue weighted by atomic mass is 10.2. The molecule has 0 aliphatic rings. The van der Waals surface area contributed by atoms with Crippen LogP contribution in [-0.2, 0) is 17.8 Å². The van der Waals surface area contributed by atoms with Gasteiger partial charge in [0.2, 0.25) is 5.91 Å². The van der Waals surface area contributed by atoms with Gasteiger partial charge in [-0.1, -0.05) is 41.9 Å². The number of amides is 1. The molecule has 1 N–H and O–H groups in total. The maximum absolute atomic E-state index is 12.3. The number of ether oxygens (including phenoxy) is 2. The average molecular weight is 417 g/mol. The van der Waals surface area contributed by atoms with Gasteiger partial charge in [0.25, 0.3) is 0 Å². The van der Waals surface area contributed by atoms with Crippen molar-refractivity contribution in [3.8, 4) is 22.1 Å². The van der Waals surface area contributed by atoms with Crippen molar-refractivity contribution in [1.29, 1.82) is 0 Å². The molecule has 146 valence electrons. The molecule has 1 aromatic heterocycles.